The van der Waals surface area contributed by atoms with Crippen LogP contribution in [0, 0.1) is 11.6 Å². The lowest BCUT2D eigenvalue weighted by atomic mass is 9.99. The van der Waals surface area contributed by atoms with Gasteiger partial charge in [0, 0.05) is 18.5 Å². The Kier molecular flexibility index (Phi) is 5.63. The van der Waals surface area contributed by atoms with Crippen molar-refractivity contribution in [2.24, 2.45) is 0 Å². The molecule has 0 bridgehead atoms. The predicted octanol–water partition coefficient (Wildman–Crippen LogP) is 2.41. The quantitative estimate of drug-likeness (QED) is 0.755. The van der Waals surface area contributed by atoms with Crippen molar-refractivity contribution in [3.63, 3.8) is 0 Å². The first-order valence-electron chi connectivity index (χ1n) is 6.41. The summed E-state index contributed by atoms with van der Waals surface area (Å²) in [6.45, 7) is 3.44. The van der Waals surface area contributed by atoms with Gasteiger partial charge in [-0.2, -0.15) is 0 Å². The van der Waals surface area contributed by atoms with Crippen LogP contribution in [0.4, 0.5) is 13.6 Å². The Labute approximate surface area is 121 Å². The lowest BCUT2D eigenvalue weighted by Gasteiger charge is -2.25. The number of hydrogen-bond donors (Lipinski definition) is 3. The van der Waals surface area contributed by atoms with Gasteiger partial charge in [-0.05, 0) is 38.0 Å². The molecule has 0 heterocycles. The van der Waals surface area contributed by atoms with Crippen molar-refractivity contribution in [1.29, 1.82) is 0 Å². The molecule has 0 spiro atoms. The lowest BCUT2D eigenvalue weighted by Crippen LogP contribution is -2.48. The molecule has 1 aromatic carbocycles. The average molecular weight is 300 g/mol. The third kappa shape index (κ3) is 6.20. The van der Waals surface area contributed by atoms with Gasteiger partial charge in [0.15, 0.2) is 11.6 Å². The summed E-state index contributed by atoms with van der Waals surface area (Å²) in [5.74, 6) is -2.86. The first-order chi connectivity index (χ1) is 9.69. The zero-order valence-corrected chi connectivity index (χ0v) is 11.9. The molecule has 0 saturated carbocycles. The highest BCUT2D eigenvalue weighted by atomic mass is 19.2. The number of nitrogens with one attached hydrogen (secondary N) is 2. The first kappa shape index (κ1) is 16.9. The van der Waals surface area contributed by atoms with Crippen molar-refractivity contribution in [2.45, 2.75) is 38.8 Å². The average Bonchev–Trinajstić information content (AvgIpc) is 2.37. The summed E-state index contributed by atoms with van der Waals surface area (Å²) in [6.07, 6.45) is 0.220. The number of rotatable bonds is 6. The topological polar surface area (TPSA) is 78.4 Å². The third-order valence-corrected chi connectivity index (χ3v) is 2.85. The van der Waals surface area contributed by atoms with Gasteiger partial charge < -0.3 is 15.7 Å². The molecular weight excluding hydrogens is 282 g/mol. The minimum Gasteiger partial charge on any atom is -0.481 e. The van der Waals surface area contributed by atoms with Crippen molar-refractivity contribution >= 4 is 12.0 Å². The molecule has 5 nitrogen and oxygen atoms in total. The summed E-state index contributed by atoms with van der Waals surface area (Å²) in [4.78, 5) is 22.2. The molecule has 1 rings (SSSR count). The second kappa shape index (κ2) is 7.01. The molecule has 0 saturated heterocycles. The van der Waals surface area contributed by atoms with Crippen LogP contribution < -0.4 is 10.6 Å². The molecule has 0 fully saturated rings. The van der Waals surface area contributed by atoms with E-state index in [1.807, 2.05) is 0 Å². The molecule has 21 heavy (non-hydrogen) atoms. The maximum Gasteiger partial charge on any atom is 0.315 e. The Balaban J connectivity index is 2.46. The highest BCUT2D eigenvalue weighted by Crippen LogP contribution is 2.11. The Morgan fingerprint density at radius 3 is 2.48 bits per heavy atom. The second-order valence-electron chi connectivity index (χ2n) is 5.33. The zero-order chi connectivity index (χ0) is 16.0. The SMILES string of the molecule is CC(C)(CCC(=O)O)NC(=O)NCc1ccc(F)c(F)c1. The highest BCUT2D eigenvalue weighted by Gasteiger charge is 2.21. The van der Waals surface area contributed by atoms with Gasteiger partial charge >= 0.3 is 12.0 Å². The van der Waals surface area contributed by atoms with Crippen LogP contribution in [-0.4, -0.2) is 22.6 Å². The molecule has 3 N–H and O–H groups in total. The number of urea groups is 1. The van der Waals surface area contributed by atoms with Crippen LogP contribution in [0.15, 0.2) is 18.2 Å². The van der Waals surface area contributed by atoms with Crippen molar-refractivity contribution < 1.29 is 23.5 Å². The van der Waals surface area contributed by atoms with Gasteiger partial charge in [-0.1, -0.05) is 6.07 Å². The zero-order valence-electron chi connectivity index (χ0n) is 11.9. The molecule has 0 aliphatic carbocycles. The van der Waals surface area contributed by atoms with E-state index < -0.39 is 29.2 Å². The molecule has 116 valence electrons. The first-order valence-corrected chi connectivity index (χ1v) is 6.41. The van der Waals surface area contributed by atoms with E-state index in [1.54, 1.807) is 13.8 Å². The van der Waals surface area contributed by atoms with E-state index in [4.69, 9.17) is 5.11 Å². The summed E-state index contributed by atoms with van der Waals surface area (Å²) in [6, 6.07) is 2.86. The molecule has 2 amide bonds. The fourth-order valence-electron chi connectivity index (χ4n) is 1.67. The third-order valence-electron chi connectivity index (χ3n) is 2.85. The Hall–Kier alpha value is -2.18. The standard InChI is InChI=1S/C14H18F2N2O3/c1-14(2,6-5-12(19)20)18-13(21)17-8-9-3-4-10(15)11(16)7-9/h3-4,7H,5-6,8H2,1-2H3,(H,19,20)(H2,17,18,21). The molecule has 0 atom stereocenters. The van der Waals surface area contributed by atoms with Gasteiger partial charge in [-0.3, -0.25) is 4.79 Å². The van der Waals surface area contributed by atoms with Crippen molar-refractivity contribution in [2.75, 3.05) is 0 Å². The predicted molar refractivity (Wildman–Crippen MR) is 72.7 cm³/mol. The Morgan fingerprint density at radius 2 is 1.90 bits per heavy atom. The van der Waals surface area contributed by atoms with Gasteiger partial charge in [0.1, 0.15) is 0 Å². The van der Waals surface area contributed by atoms with Crippen molar-refractivity contribution in [1.82, 2.24) is 10.6 Å². The molecular formula is C14H18F2N2O3. The summed E-state index contributed by atoms with van der Waals surface area (Å²) in [7, 11) is 0. The molecule has 0 aliphatic rings. The van der Waals surface area contributed by atoms with Crippen LogP contribution in [0.2, 0.25) is 0 Å². The number of halogens is 2. The number of hydrogen-bond acceptors (Lipinski definition) is 2. The maximum absolute atomic E-state index is 13.0. The van der Waals surface area contributed by atoms with Crippen LogP contribution in [0.1, 0.15) is 32.3 Å². The minimum absolute atomic E-state index is 0.0397. The van der Waals surface area contributed by atoms with Crippen LogP contribution in [0.5, 0.6) is 0 Å². The smallest absolute Gasteiger partial charge is 0.315 e. The number of benzene rings is 1. The summed E-state index contributed by atoms with van der Waals surface area (Å²) >= 11 is 0. The summed E-state index contributed by atoms with van der Waals surface area (Å²) in [5.41, 5.74) is -0.260. The van der Waals surface area contributed by atoms with Crippen LogP contribution in [0.25, 0.3) is 0 Å². The number of carboxylic acid groups (broad SMARTS) is 1. The minimum atomic E-state index is -0.975. The molecule has 0 radical (unpaired) electrons. The van der Waals surface area contributed by atoms with Crippen LogP contribution in [-0.2, 0) is 11.3 Å². The fraction of sp³-hybridized carbons (Fsp3) is 0.429. The Bertz CT molecular complexity index is 533. The van der Waals surface area contributed by atoms with Gasteiger partial charge in [-0.25, -0.2) is 13.6 Å². The van der Waals surface area contributed by atoms with Crippen molar-refractivity contribution in [3.05, 3.63) is 35.4 Å². The summed E-state index contributed by atoms with van der Waals surface area (Å²) in [5, 5.41) is 13.7. The molecule has 0 unspecified atom stereocenters. The number of carboxylic acids is 1. The van der Waals surface area contributed by atoms with E-state index in [0.29, 0.717) is 5.56 Å². The van der Waals surface area contributed by atoms with Crippen molar-refractivity contribution in [3.8, 4) is 0 Å². The van der Waals surface area contributed by atoms with E-state index in [0.717, 1.165) is 12.1 Å². The van der Waals surface area contributed by atoms with Crippen LogP contribution >= 0.6 is 0 Å². The number of carbonyl (C=O) groups is 2. The van der Waals surface area contributed by atoms with Gasteiger partial charge in [-0.15, -0.1) is 0 Å². The largest absolute Gasteiger partial charge is 0.481 e. The van der Waals surface area contributed by atoms with Gasteiger partial charge in [0.2, 0.25) is 0 Å². The lowest BCUT2D eigenvalue weighted by molar-refractivity contribution is -0.137. The van der Waals surface area contributed by atoms with E-state index in [-0.39, 0.29) is 19.4 Å². The number of amides is 2. The monoisotopic (exact) mass is 300 g/mol. The number of aliphatic carboxylic acids is 1. The van der Waals surface area contributed by atoms with Crippen LogP contribution in [0.3, 0.4) is 0 Å². The second-order valence-corrected chi connectivity index (χ2v) is 5.33. The molecule has 1 aromatic rings. The van der Waals surface area contributed by atoms with E-state index in [2.05, 4.69) is 10.6 Å². The van der Waals surface area contributed by atoms with Gasteiger partial charge in [0.05, 0.1) is 0 Å². The van der Waals surface area contributed by atoms with E-state index in [9.17, 15) is 18.4 Å². The van der Waals surface area contributed by atoms with E-state index in [1.165, 1.54) is 6.07 Å². The molecule has 7 heteroatoms. The molecule has 0 aromatic heterocycles. The van der Waals surface area contributed by atoms with Gasteiger partial charge in [0.25, 0.3) is 0 Å². The normalized spacial score (nSPS) is 11.0. The molecule has 0 aliphatic heterocycles. The van der Waals surface area contributed by atoms with E-state index >= 15 is 0 Å². The highest BCUT2D eigenvalue weighted by molar-refractivity contribution is 5.75. The maximum atomic E-state index is 13.0. The summed E-state index contributed by atoms with van der Waals surface area (Å²) < 4.78 is 25.7. The Morgan fingerprint density at radius 1 is 1.24 bits per heavy atom. The number of carbonyl (C=O) groups excluding carboxylic acids is 1. The fourth-order valence-corrected chi connectivity index (χ4v) is 1.67.